The van der Waals surface area contributed by atoms with Crippen LogP contribution in [0.15, 0.2) is 24.4 Å². The minimum absolute atomic E-state index is 0.0134. The fourth-order valence-electron chi connectivity index (χ4n) is 1.68. The van der Waals surface area contributed by atoms with Gasteiger partial charge in [-0.15, -0.1) is 0 Å². The topological polar surface area (TPSA) is 93.1 Å². The van der Waals surface area contributed by atoms with E-state index in [-0.39, 0.29) is 5.69 Å². The summed E-state index contributed by atoms with van der Waals surface area (Å²) in [5.41, 5.74) is 2.33. The van der Waals surface area contributed by atoms with E-state index in [0.717, 1.165) is 11.3 Å². The molecule has 0 atom stereocenters. The Hall–Kier alpha value is -2.57. The Morgan fingerprint density at radius 1 is 1.53 bits per heavy atom. The first-order valence-corrected chi connectivity index (χ1v) is 5.67. The molecule has 0 aliphatic heterocycles. The van der Waals surface area contributed by atoms with Gasteiger partial charge in [-0.05, 0) is 19.1 Å². The van der Waals surface area contributed by atoms with Crippen molar-refractivity contribution >= 4 is 11.4 Å². The van der Waals surface area contributed by atoms with E-state index in [4.69, 9.17) is 4.74 Å². The summed E-state index contributed by atoms with van der Waals surface area (Å²) in [7, 11) is 1.47. The van der Waals surface area contributed by atoms with E-state index in [2.05, 4.69) is 15.5 Å². The number of anilines is 1. The maximum absolute atomic E-state index is 11.0. The predicted octanol–water partition coefficient (Wildman–Crippen LogP) is 2.25. The zero-order valence-electron chi connectivity index (χ0n) is 10.6. The standard InChI is InChI=1S/C12H14N4O3/c1-8-9(7-14-15-8)6-13-11-4-3-10(19-2)5-12(11)16(17)18/h3-5,7,13H,6H2,1-2H3,(H,14,15). The Balaban J connectivity index is 2.20. The van der Waals surface area contributed by atoms with Gasteiger partial charge in [-0.3, -0.25) is 15.2 Å². The van der Waals surface area contributed by atoms with Crippen molar-refractivity contribution in [2.45, 2.75) is 13.5 Å². The van der Waals surface area contributed by atoms with Gasteiger partial charge in [-0.1, -0.05) is 0 Å². The molecule has 0 aliphatic rings. The van der Waals surface area contributed by atoms with Gasteiger partial charge in [0.25, 0.3) is 5.69 Å². The highest BCUT2D eigenvalue weighted by Crippen LogP contribution is 2.29. The van der Waals surface area contributed by atoms with Gasteiger partial charge in [0.2, 0.25) is 0 Å². The molecule has 7 nitrogen and oxygen atoms in total. The largest absolute Gasteiger partial charge is 0.496 e. The lowest BCUT2D eigenvalue weighted by Crippen LogP contribution is -2.03. The Kier molecular flexibility index (Phi) is 3.65. The molecule has 0 fully saturated rings. The molecule has 1 aromatic carbocycles. The monoisotopic (exact) mass is 262 g/mol. The van der Waals surface area contributed by atoms with Gasteiger partial charge >= 0.3 is 0 Å². The minimum atomic E-state index is -0.437. The first kappa shape index (κ1) is 12.9. The third-order valence-electron chi connectivity index (χ3n) is 2.81. The molecule has 0 saturated carbocycles. The van der Waals surface area contributed by atoms with Crippen molar-refractivity contribution in [3.05, 3.63) is 45.8 Å². The average Bonchev–Trinajstić information content (AvgIpc) is 2.81. The van der Waals surface area contributed by atoms with E-state index in [9.17, 15) is 10.1 Å². The average molecular weight is 262 g/mol. The number of hydrogen-bond donors (Lipinski definition) is 2. The number of ether oxygens (including phenoxy) is 1. The number of hydrogen-bond acceptors (Lipinski definition) is 5. The Bertz CT molecular complexity index is 594. The van der Waals surface area contributed by atoms with E-state index >= 15 is 0 Å². The molecule has 7 heteroatoms. The lowest BCUT2D eigenvalue weighted by molar-refractivity contribution is -0.384. The molecule has 1 aromatic heterocycles. The summed E-state index contributed by atoms with van der Waals surface area (Å²) >= 11 is 0. The number of aromatic nitrogens is 2. The number of nitrogens with zero attached hydrogens (tertiary/aromatic N) is 2. The molecule has 0 aliphatic carbocycles. The van der Waals surface area contributed by atoms with Crippen LogP contribution in [-0.2, 0) is 6.54 Å². The number of rotatable bonds is 5. The highest BCUT2D eigenvalue weighted by Gasteiger charge is 2.15. The number of aryl methyl sites for hydroxylation is 1. The van der Waals surface area contributed by atoms with Crippen LogP contribution >= 0.6 is 0 Å². The van der Waals surface area contributed by atoms with Gasteiger partial charge in [-0.25, -0.2) is 0 Å². The van der Waals surface area contributed by atoms with Crippen molar-refractivity contribution in [3.8, 4) is 5.75 Å². The summed E-state index contributed by atoms with van der Waals surface area (Å²) in [5, 5.41) is 20.8. The van der Waals surface area contributed by atoms with Crippen LogP contribution in [-0.4, -0.2) is 22.2 Å². The van der Waals surface area contributed by atoms with Gasteiger partial charge in [0.05, 0.1) is 24.3 Å². The first-order chi connectivity index (χ1) is 9.11. The van der Waals surface area contributed by atoms with Crippen LogP contribution in [0.1, 0.15) is 11.3 Å². The lowest BCUT2D eigenvalue weighted by Gasteiger charge is -2.08. The fraction of sp³-hybridized carbons (Fsp3) is 0.250. The molecule has 0 amide bonds. The van der Waals surface area contributed by atoms with E-state index in [1.807, 2.05) is 6.92 Å². The van der Waals surface area contributed by atoms with Crippen LogP contribution in [0, 0.1) is 17.0 Å². The van der Waals surface area contributed by atoms with E-state index in [1.165, 1.54) is 13.2 Å². The summed E-state index contributed by atoms with van der Waals surface area (Å²) < 4.78 is 4.98. The van der Waals surface area contributed by atoms with Crippen molar-refractivity contribution in [3.63, 3.8) is 0 Å². The quantitative estimate of drug-likeness (QED) is 0.636. The highest BCUT2D eigenvalue weighted by atomic mass is 16.6. The molecule has 0 radical (unpaired) electrons. The Morgan fingerprint density at radius 2 is 2.32 bits per heavy atom. The molecule has 0 bridgehead atoms. The SMILES string of the molecule is COc1ccc(NCc2cn[nH]c2C)c([N+](=O)[O-])c1. The van der Waals surface area contributed by atoms with Gasteiger partial charge in [-0.2, -0.15) is 5.10 Å². The van der Waals surface area contributed by atoms with Crippen molar-refractivity contribution in [1.82, 2.24) is 10.2 Å². The lowest BCUT2D eigenvalue weighted by atomic mass is 10.2. The Morgan fingerprint density at radius 3 is 2.89 bits per heavy atom. The van der Waals surface area contributed by atoms with Gasteiger partial charge in [0.1, 0.15) is 11.4 Å². The van der Waals surface area contributed by atoms with Crippen molar-refractivity contribution < 1.29 is 9.66 Å². The maximum Gasteiger partial charge on any atom is 0.296 e. The number of nitrogens with one attached hydrogen (secondary N) is 2. The molecule has 2 rings (SSSR count). The molecule has 0 saturated heterocycles. The molecular formula is C12H14N4O3. The molecule has 100 valence electrons. The van der Waals surface area contributed by atoms with Crippen LogP contribution in [0.5, 0.6) is 5.75 Å². The number of H-pyrrole nitrogens is 1. The van der Waals surface area contributed by atoms with Gasteiger partial charge in [0, 0.05) is 17.8 Å². The summed E-state index contributed by atoms with van der Waals surface area (Å²) in [4.78, 5) is 10.6. The summed E-state index contributed by atoms with van der Waals surface area (Å²) in [5.74, 6) is 0.455. The van der Waals surface area contributed by atoms with Crippen LogP contribution in [0.25, 0.3) is 0 Å². The summed E-state index contributed by atoms with van der Waals surface area (Å²) in [6, 6.07) is 4.70. The van der Waals surface area contributed by atoms with Crippen LogP contribution in [0.4, 0.5) is 11.4 Å². The number of nitro groups is 1. The second-order valence-electron chi connectivity index (χ2n) is 4.01. The van der Waals surface area contributed by atoms with Crippen molar-refractivity contribution in [2.75, 3.05) is 12.4 Å². The smallest absolute Gasteiger partial charge is 0.296 e. The summed E-state index contributed by atoms with van der Waals surface area (Å²) in [6.45, 7) is 2.36. The zero-order chi connectivity index (χ0) is 13.8. The number of benzene rings is 1. The molecular weight excluding hydrogens is 248 g/mol. The zero-order valence-corrected chi connectivity index (χ0v) is 10.6. The van der Waals surface area contributed by atoms with E-state index in [1.54, 1.807) is 18.3 Å². The number of nitro benzene ring substituents is 1. The normalized spacial score (nSPS) is 10.2. The van der Waals surface area contributed by atoms with Crippen LogP contribution in [0.3, 0.4) is 0 Å². The molecule has 19 heavy (non-hydrogen) atoms. The summed E-state index contributed by atoms with van der Waals surface area (Å²) in [6.07, 6.45) is 1.69. The molecule has 1 heterocycles. The van der Waals surface area contributed by atoms with E-state index < -0.39 is 4.92 Å². The number of aromatic amines is 1. The number of methoxy groups -OCH3 is 1. The molecule has 2 N–H and O–H groups in total. The first-order valence-electron chi connectivity index (χ1n) is 5.67. The third kappa shape index (κ3) is 2.82. The third-order valence-corrected chi connectivity index (χ3v) is 2.81. The van der Waals surface area contributed by atoms with Gasteiger partial charge < -0.3 is 10.1 Å². The Labute approximate surface area is 109 Å². The van der Waals surface area contributed by atoms with E-state index in [0.29, 0.717) is 18.0 Å². The molecule has 2 aromatic rings. The molecule has 0 spiro atoms. The van der Waals surface area contributed by atoms with Crippen molar-refractivity contribution in [1.29, 1.82) is 0 Å². The van der Waals surface area contributed by atoms with Crippen LogP contribution in [0.2, 0.25) is 0 Å². The van der Waals surface area contributed by atoms with Crippen LogP contribution < -0.4 is 10.1 Å². The highest BCUT2D eigenvalue weighted by molar-refractivity contribution is 5.64. The van der Waals surface area contributed by atoms with Crippen molar-refractivity contribution in [2.24, 2.45) is 0 Å². The second kappa shape index (κ2) is 5.38. The predicted molar refractivity (Wildman–Crippen MR) is 70.3 cm³/mol. The second-order valence-corrected chi connectivity index (χ2v) is 4.01. The molecule has 0 unspecified atom stereocenters. The maximum atomic E-state index is 11.0. The van der Waals surface area contributed by atoms with Gasteiger partial charge in [0.15, 0.2) is 0 Å². The fourth-order valence-corrected chi connectivity index (χ4v) is 1.68. The minimum Gasteiger partial charge on any atom is -0.496 e.